The molecule has 0 aliphatic carbocycles. The number of rotatable bonds is 8. The fourth-order valence-electron chi connectivity index (χ4n) is 2.94. The zero-order valence-corrected chi connectivity index (χ0v) is 17.8. The van der Waals surface area contributed by atoms with Crippen LogP contribution in [0.25, 0.3) is 0 Å². The molecule has 0 aliphatic rings. The van der Waals surface area contributed by atoms with Gasteiger partial charge < -0.3 is 29.8 Å². The summed E-state index contributed by atoms with van der Waals surface area (Å²) in [7, 11) is 4.93. The normalized spacial score (nSPS) is 11.0. The van der Waals surface area contributed by atoms with Crippen LogP contribution < -0.4 is 25.4 Å². The van der Waals surface area contributed by atoms with Gasteiger partial charge in [0, 0.05) is 25.8 Å². The van der Waals surface area contributed by atoms with Gasteiger partial charge in [0.05, 0.1) is 20.5 Å². The van der Waals surface area contributed by atoms with Gasteiger partial charge in [-0.2, -0.15) is 0 Å². The summed E-state index contributed by atoms with van der Waals surface area (Å²) in [4.78, 5) is 16.4. The second kappa shape index (κ2) is 10.7. The van der Waals surface area contributed by atoms with Gasteiger partial charge in [-0.15, -0.1) is 0 Å². The fourth-order valence-corrected chi connectivity index (χ4v) is 2.94. The van der Waals surface area contributed by atoms with Crippen molar-refractivity contribution in [3.8, 4) is 11.5 Å². The Kier molecular flexibility index (Phi) is 7.53. The van der Waals surface area contributed by atoms with Crippen LogP contribution in [0.15, 0.2) is 70.3 Å². The summed E-state index contributed by atoms with van der Waals surface area (Å²) in [5, 5.41) is 9.36. The van der Waals surface area contributed by atoms with Gasteiger partial charge in [-0.25, -0.2) is 0 Å². The average molecular weight is 422 g/mol. The lowest BCUT2D eigenvalue weighted by molar-refractivity contribution is 0.0996. The number of hydrogen-bond acceptors (Lipinski definition) is 5. The molecule has 1 heterocycles. The molecule has 3 rings (SSSR count). The Hall–Kier alpha value is -3.94. The maximum atomic E-state index is 12.1. The van der Waals surface area contributed by atoms with E-state index in [9.17, 15) is 4.79 Å². The van der Waals surface area contributed by atoms with Gasteiger partial charge in [0.2, 0.25) is 0 Å². The molecule has 1 amide bonds. The minimum atomic E-state index is -0.289. The minimum absolute atomic E-state index is 0.267. The highest BCUT2D eigenvalue weighted by molar-refractivity contribution is 6.02. The number of ether oxygens (including phenoxy) is 2. The van der Waals surface area contributed by atoms with E-state index in [0.717, 1.165) is 11.1 Å². The third kappa shape index (κ3) is 6.02. The number of benzene rings is 2. The van der Waals surface area contributed by atoms with Crippen LogP contribution in [0.4, 0.5) is 5.69 Å². The van der Waals surface area contributed by atoms with Crippen LogP contribution in [0.5, 0.6) is 11.5 Å². The zero-order chi connectivity index (χ0) is 22.1. The first-order valence-corrected chi connectivity index (χ1v) is 9.72. The SMILES string of the molecule is CN=C(NCc1cccc(NC(=O)c2ccco2)c1)NCc1ccc(OC)c(OC)c1. The number of methoxy groups -OCH3 is 2. The van der Waals surface area contributed by atoms with Gasteiger partial charge in [0.15, 0.2) is 23.2 Å². The standard InChI is InChI=1S/C23H26N4O4/c1-24-23(26-15-17-9-10-19(29-2)21(13-17)30-3)25-14-16-6-4-7-18(12-16)27-22(28)20-8-5-11-31-20/h4-13H,14-15H2,1-3H3,(H,27,28)(H2,24,25,26). The number of hydrogen-bond donors (Lipinski definition) is 3. The van der Waals surface area contributed by atoms with Crippen molar-refractivity contribution in [1.29, 1.82) is 0 Å². The first-order valence-electron chi connectivity index (χ1n) is 9.72. The molecule has 8 nitrogen and oxygen atoms in total. The Morgan fingerprint density at radius 2 is 1.68 bits per heavy atom. The molecule has 31 heavy (non-hydrogen) atoms. The summed E-state index contributed by atoms with van der Waals surface area (Å²) >= 11 is 0. The number of guanidine groups is 1. The number of carbonyl (C=O) groups is 1. The summed E-state index contributed by atoms with van der Waals surface area (Å²) < 4.78 is 15.7. The summed E-state index contributed by atoms with van der Waals surface area (Å²) in [6.45, 7) is 1.11. The van der Waals surface area contributed by atoms with Gasteiger partial charge in [-0.3, -0.25) is 9.79 Å². The van der Waals surface area contributed by atoms with Crippen LogP contribution in [0.3, 0.4) is 0 Å². The predicted octanol–water partition coefficient (Wildman–Crippen LogP) is 3.41. The lowest BCUT2D eigenvalue weighted by atomic mass is 10.2. The van der Waals surface area contributed by atoms with Crippen molar-refractivity contribution in [2.75, 3.05) is 26.6 Å². The van der Waals surface area contributed by atoms with E-state index >= 15 is 0 Å². The molecular weight excluding hydrogens is 396 g/mol. The van der Waals surface area contributed by atoms with Gasteiger partial charge in [0.25, 0.3) is 5.91 Å². The number of anilines is 1. The smallest absolute Gasteiger partial charge is 0.291 e. The summed E-state index contributed by atoms with van der Waals surface area (Å²) in [6, 6.07) is 16.6. The summed E-state index contributed by atoms with van der Waals surface area (Å²) in [5.74, 6) is 2.00. The number of amides is 1. The number of nitrogens with zero attached hydrogens (tertiary/aromatic N) is 1. The van der Waals surface area contributed by atoms with Crippen molar-refractivity contribution in [2.45, 2.75) is 13.1 Å². The molecule has 8 heteroatoms. The van der Waals surface area contributed by atoms with Gasteiger partial charge in [-0.05, 0) is 47.5 Å². The molecule has 0 aliphatic heterocycles. The first kappa shape index (κ1) is 21.8. The third-order valence-corrected chi connectivity index (χ3v) is 4.52. The average Bonchev–Trinajstić information content (AvgIpc) is 3.34. The molecule has 0 fully saturated rings. The van der Waals surface area contributed by atoms with Crippen LogP contribution in [-0.2, 0) is 13.1 Å². The number of aliphatic imine (C=N–C) groups is 1. The molecule has 0 radical (unpaired) electrons. The maximum absolute atomic E-state index is 12.1. The third-order valence-electron chi connectivity index (χ3n) is 4.52. The van der Waals surface area contributed by atoms with E-state index in [1.165, 1.54) is 6.26 Å². The van der Waals surface area contributed by atoms with E-state index < -0.39 is 0 Å². The lowest BCUT2D eigenvalue weighted by Gasteiger charge is -2.14. The molecule has 1 aromatic heterocycles. The van der Waals surface area contributed by atoms with Gasteiger partial charge in [0.1, 0.15) is 0 Å². The largest absolute Gasteiger partial charge is 0.493 e. The number of carbonyl (C=O) groups excluding carboxylic acids is 1. The quantitative estimate of drug-likeness (QED) is 0.380. The molecule has 162 valence electrons. The highest BCUT2D eigenvalue weighted by Gasteiger charge is 2.09. The van der Waals surface area contributed by atoms with Crippen molar-refractivity contribution in [3.05, 3.63) is 77.7 Å². The number of nitrogens with one attached hydrogen (secondary N) is 3. The van der Waals surface area contributed by atoms with E-state index in [-0.39, 0.29) is 11.7 Å². The van der Waals surface area contributed by atoms with Crippen LogP contribution >= 0.6 is 0 Å². The zero-order valence-electron chi connectivity index (χ0n) is 17.8. The second-order valence-corrected chi connectivity index (χ2v) is 6.60. The molecule has 2 aromatic carbocycles. The monoisotopic (exact) mass is 422 g/mol. The van der Waals surface area contributed by atoms with E-state index in [1.54, 1.807) is 33.4 Å². The van der Waals surface area contributed by atoms with E-state index in [1.807, 2.05) is 42.5 Å². The van der Waals surface area contributed by atoms with Crippen molar-refractivity contribution < 1.29 is 18.7 Å². The Labute approximate surface area is 181 Å². The first-order chi connectivity index (χ1) is 15.1. The Morgan fingerprint density at radius 3 is 2.32 bits per heavy atom. The molecule has 0 spiro atoms. The van der Waals surface area contributed by atoms with E-state index in [0.29, 0.717) is 36.2 Å². The number of furan rings is 1. The Balaban J connectivity index is 1.54. The maximum Gasteiger partial charge on any atom is 0.291 e. The van der Waals surface area contributed by atoms with Crippen LogP contribution in [0.1, 0.15) is 21.7 Å². The van der Waals surface area contributed by atoms with Gasteiger partial charge in [-0.1, -0.05) is 18.2 Å². The highest BCUT2D eigenvalue weighted by Crippen LogP contribution is 2.27. The van der Waals surface area contributed by atoms with Gasteiger partial charge >= 0.3 is 0 Å². The Morgan fingerprint density at radius 1 is 0.935 bits per heavy atom. The molecule has 0 atom stereocenters. The summed E-state index contributed by atoms with van der Waals surface area (Å²) in [5.41, 5.74) is 2.71. The van der Waals surface area contributed by atoms with Crippen molar-refractivity contribution in [2.24, 2.45) is 4.99 Å². The Bertz CT molecular complexity index is 1030. The van der Waals surface area contributed by atoms with Crippen molar-refractivity contribution >= 4 is 17.6 Å². The van der Waals surface area contributed by atoms with Crippen LogP contribution in [0, 0.1) is 0 Å². The van der Waals surface area contributed by atoms with Crippen LogP contribution in [0.2, 0.25) is 0 Å². The van der Waals surface area contributed by atoms with Crippen molar-refractivity contribution in [1.82, 2.24) is 10.6 Å². The molecule has 0 bridgehead atoms. The fraction of sp³-hybridized carbons (Fsp3) is 0.217. The second-order valence-electron chi connectivity index (χ2n) is 6.60. The minimum Gasteiger partial charge on any atom is -0.493 e. The highest BCUT2D eigenvalue weighted by atomic mass is 16.5. The topological polar surface area (TPSA) is 97.1 Å². The molecule has 0 saturated carbocycles. The van der Waals surface area contributed by atoms with E-state index in [2.05, 4.69) is 20.9 Å². The molecule has 3 aromatic rings. The lowest BCUT2D eigenvalue weighted by Crippen LogP contribution is -2.36. The predicted molar refractivity (Wildman–Crippen MR) is 120 cm³/mol. The molecular formula is C23H26N4O4. The summed E-state index contributed by atoms with van der Waals surface area (Å²) in [6.07, 6.45) is 1.47. The molecule has 0 saturated heterocycles. The van der Waals surface area contributed by atoms with E-state index in [4.69, 9.17) is 13.9 Å². The molecule has 3 N–H and O–H groups in total. The molecule has 0 unspecified atom stereocenters. The van der Waals surface area contributed by atoms with Crippen LogP contribution in [-0.4, -0.2) is 33.1 Å². The van der Waals surface area contributed by atoms with Crippen molar-refractivity contribution in [3.63, 3.8) is 0 Å².